The number of hydrogen-bond donors (Lipinski definition) is 1. The first-order valence-corrected chi connectivity index (χ1v) is 11.3. The molecule has 0 radical (unpaired) electrons. The Kier molecular flexibility index (Phi) is 7.16. The van der Waals surface area contributed by atoms with E-state index in [-0.39, 0.29) is 24.8 Å². The van der Waals surface area contributed by atoms with Gasteiger partial charge in [-0.1, -0.05) is 0 Å². The molecule has 4 rings (SSSR count). The predicted octanol–water partition coefficient (Wildman–Crippen LogP) is 2.79. The number of rotatable bonds is 8. The average Bonchev–Trinajstić information content (AvgIpc) is 3.43. The highest BCUT2D eigenvalue weighted by atomic mass is 19.1. The van der Waals surface area contributed by atoms with Crippen molar-refractivity contribution in [1.29, 1.82) is 0 Å². The van der Waals surface area contributed by atoms with E-state index in [0.717, 1.165) is 18.6 Å². The lowest BCUT2D eigenvalue weighted by Crippen LogP contribution is -2.43. The summed E-state index contributed by atoms with van der Waals surface area (Å²) in [5.74, 6) is 0.475. The molecule has 182 valence electrons. The zero-order valence-electron chi connectivity index (χ0n) is 19.3. The van der Waals surface area contributed by atoms with Crippen LogP contribution in [0.5, 0.6) is 0 Å². The highest BCUT2D eigenvalue weighted by molar-refractivity contribution is 5.90. The molecule has 2 amide bonds. The van der Waals surface area contributed by atoms with Crippen molar-refractivity contribution < 1.29 is 27.9 Å². The molecule has 0 spiro atoms. The second-order valence-electron chi connectivity index (χ2n) is 8.74. The largest absolute Gasteiger partial charge is 0.457 e. The molecular weight excluding hydrogens is 443 g/mol. The fraction of sp³-hybridized carbons (Fsp3) is 0.458. The third-order valence-electron chi connectivity index (χ3n) is 6.33. The van der Waals surface area contributed by atoms with Crippen molar-refractivity contribution >= 4 is 29.7 Å². The SMILES string of the molecule is CC(=O)NC[C@H]1CN(c2ccc(N3CCC(N(C)Cc4ccc(C=O)o4)CC3)c(F)c2)C(=O)O1. The van der Waals surface area contributed by atoms with Crippen molar-refractivity contribution in [2.24, 2.45) is 0 Å². The van der Waals surface area contributed by atoms with Crippen LogP contribution in [-0.4, -0.2) is 68.6 Å². The highest BCUT2D eigenvalue weighted by Gasteiger charge is 2.33. The summed E-state index contributed by atoms with van der Waals surface area (Å²) in [6.45, 7) is 3.88. The van der Waals surface area contributed by atoms with Crippen molar-refractivity contribution in [1.82, 2.24) is 10.2 Å². The van der Waals surface area contributed by atoms with Gasteiger partial charge in [0.05, 0.1) is 31.0 Å². The van der Waals surface area contributed by atoms with E-state index < -0.39 is 12.2 Å². The molecule has 34 heavy (non-hydrogen) atoms. The Hall–Kier alpha value is -3.40. The molecule has 1 aromatic heterocycles. The summed E-state index contributed by atoms with van der Waals surface area (Å²) in [6.07, 6.45) is 1.40. The second-order valence-corrected chi connectivity index (χ2v) is 8.74. The van der Waals surface area contributed by atoms with Gasteiger partial charge in [-0.25, -0.2) is 9.18 Å². The second kappa shape index (κ2) is 10.3. The summed E-state index contributed by atoms with van der Waals surface area (Å²) in [4.78, 5) is 39.7. The standard InChI is InChI=1S/C24H29FN4O5/c1-16(31)26-12-21-14-29(24(32)34-21)18-3-6-23(22(25)11-18)28-9-7-17(8-10-28)27(2)13-19-4-5-20(15-30)33-19/h3-6,11,15,17,21H,7-10,12-14H2,1-2H3,(H,26,31)/t21-/m0/s1. The van der Waals surface area contributed by atoms with E-state index in [4.69, 9.17) is 9.15 Å². The number of piperidine rings is 1. The van der Waals surface area contributed by atoms with Crippen LogP contribution in [-0.2, 0) is 16.1 Å². The molecule has 2 fully saturated rings. The van der Waals surface area contributed by atoms with E-state index in [1.165, 1.54) is 17.9 Å². The van der Waals surface area contributed by atoms with Crippen LogP contribution < -0.4 is 15.1 Å². The Morgan fingerprint density at radius 2 is 2.03 bits per heavy atom. The van der Waals surface area contributed by atoms with E-state index in [2.05, 4.69) is 10.2 Å². The molecule has 0 unspecified atom stereocenters. The van der Waals surface area contributed by atoms with Crippen molar-refractivity contribution in [2.45, 2.75) is 38.5 Å². The van der Waals surface area contributed by atoms with Crippen molar-refractivity contribution in [3.63, 3.8) is 0 Å². The van der Waals surface area contributed by atoms with Gasteiger partial charge in [0.2, 0.25) is 5.91 Å². The molecule has 0 bridgehead atoms. The van der Waals surface area contributed by atoms with Gasteiger partial charge in [0.1, 0.15) is 17.7 Å². The molecule has 9 nitrogen and oxygen atoms in total. The zero-order chi connectivity index (χ0) is 24.2. The Balaban J connectivity index is 1.32. The minimum absolute atomic E-state index is 0.201. The molecule has 0 aliphatic carbocycles. The van der Waals surface area contributed by atoms with E-state index in [1.54, 1.807) is 18.2 Å². The summed E-state index contributed by atoms with van der Waals surface area (Å²) in [5.41, 5.74) is 0.938. The first-order valence-electron chi connectivity index (χ1n) is 11.3. The molecule has 10 heteroatoms. The van der Waals surface area contributed by atoms with E-state index in [0.29, 0.717) is 49.1 Å². The number of carbonyl (C=O) groups excluding carboxylic acids is 3. The van der Waals surface area contributed by atoms with Crippen LogP contribution in [0.25, 0.3) is 0 Å². The predicted molar refractivity (Wildman–Crippen MR) is 123 cm³/mol. The van der Waals surface area contributed by atoms with Gasteiger partial charge in [0.25, 0.3) is 0 Å². The molecule has 2 saturated heterocycles. The van der Waals surface area contributed by atoms with Crippen LogP contribution in [0.1, 0.15) is 36.1 Å². The molecular formula is C24H29FN4O5. The Labute approximate surface area is 197 Å². The number of benzene rings is 1. The van der Waals surface area contributed by atoms with Crippen molar-refractivity contribution in [3.8, 4) is 0 Å². The number of halogens is 1. The lowest BCUT2D eigenvalue weighted by atomic mass is 10.0. The van der Waals surface area contributed by atoms with Crippen molar-refractivity contribution in [2.75, 3.05) is 43.0 Å². The minimum atomic E-state index is -0.553. The van der Waals surface area contributed by atoms with Crippen LogP contribution in [0.15, 0.2) is 34.7 Å². The quantitative estimate of drug-likeness (QED) is 0.591. The van der Waals surface area contributed by atoms with E-state index in [1.807, 2.05) is 18.0 Å². The Bertz CT molecular complexity index is 1050. The number of anilines is 2. The maximum atomic E-state index is 15.0. The lowest BCUT2D eigenvalue weighted by Gasteiger charge is -2.37. The maximum absolute atomic E-state index is 15.0. The van der Waals surface area contributed by atoms with Crippen molar-refractivity contribution in [3.05, 3.63) is 47.7 Å². The summed E-state index contributed by atoms with van der Waals surface area (Å²) < 4.78 is 25.7. The number of nitrogens with zero attached hydrogens (tertiary/aromatic N) is 3. The Morgan fingerprint density at radius 1 is 1.26 bits per heavy atom. The molecule has 1 aromatic carbocycles. The maximum Gasteiger partial charge on any atom is 0.414 e. The molecule has 3 heterocycles. The number of amides is 2. The fourth-order valence-corrected chi connectivity index (χ4v) is 4.48. The van der Waals surface area contributed by atoms with Gasteiger partial charge in [-0.2, -0.15) is 0 Å². The first-order chi connectivity index (χ1) is 16.3. The van der Waals surface area contributed by atoms with E-state index in [9.17, 15) is 14.4 Å². The van der Waals surface area contributed by atoms with Gasteiger partial charge < -0.3 is 19.4 Å². The third-order valence-corrected chi connectivity index (χ3v) is 6.33. The van der Waals surface area contributed by atoms with Gasteiger partial charge in [-0.3, -0.25) is 19.4 Å². The van der Waals surface area contributed by atoms with Crippen LogP contribution >= 0.6 is 0 Å². The zero-order valence-corrected chi connectivity index (χ0v) is 19.3. The first kappa shape index (κ1) is 23.7. The molecule has 0 saturated carbocycles. The molecule has 2 aromatic rings. The van der Waals surface area contributed by atoms with Gasteiger partial charge in [0, 0.05) is 26.1 Å². The fourth-order valence-electron chi connectivity index (χ4n) is 4.48. The molecule has 2 aliphatic heterocycles. The van der Waals surface area contributed by atoms with Crippen LogP contribution in [0, 0.1) is 5.82 Å². The number of nitrogens with one attached hydrogen (secondary N) is 1. The van der Waals surface area contributed by atoms with Gasteiger partial charge in [-0.05, 0) is 50.2 Å². The summed E-state index contributed by atoms with van der Waals surface area (Å²) in [6, 6.07) is 8.58. The van der Waals surface area contributed by atoms with Crippen LogP contribution in [0.3, 0.4) is 0 Å². The summed E-state index contributed by atoms with van der Waals surface area (Å²) >= 11 is 0. The highest BCUT2D eigenvalue weighted by Crippen LogP contribution is 2.30. The number of carbonyl (C=O) groups is 3. The van der Waals surface area contributed by atoms with Gasteiger partial charge >= 0.3 is 6.09 Å². The number of hydrogen-bond acceptors (Lipinski definition) is 7. The molecule has 1 atom stereocenters. The number of ether oxygens (including phenoxy) is 1. The Morgan fingerprint density at radius 3 is 2.68 bits per heavy atom. The normalized spacial score (nSPS) is 18.9. The summed E-state index contributed by atoms with van der Waals surface area (Å²) in [7, 11) is 2.02. The molecule has 1 N–H and O–H groups in total. The smallest absolute Gasteiger partial charge is 0.414 e. The van der Waals surface area contributed by atoms with Gasteiger partial charge in [-0.15, -0.1) is 0 Å². The van der Waals surface area contributed by atoms with Crippen LogP contribution in [0.2, 0.25) is 0 Å². The topological polar surface area (TPSA) is 95.3 Å². The molecule has 2 aliphatic rings. The lowest BCUT2D eigenvalue weighted by molar-refractivity contribution is -0.119. The number of furan rings is 1. The average molecular weight is 473 g/mol. The van der Waals surface area contributed by atoms with E-state index >= 15 is 4.39 Å². The third kappa shape index (κ3) is 5.39. The number of aldehydes is 1. The minimum Gasteiger partial charge on any atom is -0.457 e. The summed E-state index contributed by atoms with van der Waals surface area (Å²) in [5, 5.41) is 2.63. The van der Waals surface area contributed by atoms with Gasteiger partial charge in [0.15, 0.2) is 12.0 Å². The van der Waals surface area contributed by atoms with Crippen LogP contribution in [0.4, 0.5) is 20.6 Å². The monoisotopic (exact) mass is 472 g/mol. The number of cyclic esters (lactones) is 1.